The molecule has 0 unspecified atom stereocenters. The SMILES string of the molecule is Cl.Nc1ccc(C(=O)N2CCN(Cc3ccc(Br)s3)CC2)cc1. The molecule has 0 bridgehead atoms. The van der Waals surface area contributed by atoms with E-state index in [9.17, 15) is 4.79 Å². The summed E-state index contributed by atoms with van der Waals surface area (Å²) in [5.41, 5.74) is 7.06. The van der Waals surface area contributed by atoms with Gasteiger partial charge in [0.25, 0.3) is 5.91 Å². The number of hydrogen-bond donors (Lipinski definition) is 1. The molecular weight excluding hydrogens is 398 g/mol. The molecule has 1 fully saturated rings. The zero-order chi connectivity index (χ0) is 15.5. The first-order chi connectivity index (χ1) is 10.6. The van der Waals surface area contributed by atoms with Gasteiger partial charge in [-0.25, -0.2) is 0 Å². The molecule has 0 radical (unpaired) electrons. The van der Waals surface area contributed by atoms with Crippen molar-refractivity contribution < 1.29 is 4.79 Å². The summed E-state index contributed by atoms with van der Waals surface area (Å²) in [6.45, 7) is 4.33. The highest BCUT2D eigenvalue weighted by molar-refractivity contribution is 9.11. The maximum atomic E-state index is 12.4. The first kappa shape index (κ1) is 18.3. The normalized spacial score (nSPS) is 15.3. The van der Waals surface area contributed by atoms with E-state index in [4.69, 9.17) is 5.73 Å². The van der Waals surface area contributed by atoms with Gasteiger partial charge in [0.15, 0.2) is 0 Å². The number of thiophene rings is 1. The second-order valence-electron chi connectivity index (χ2n) is 5.40. The summed E-state index contributed by atoms with van der Waals surface area (Å²) in [6.07, 6.45) is 0. The minimum absolute atomic E-state index is 0. The number of amides is 1. The smallest absolute Gasteiger partial charge is 0.253 e. The van der Waals surface area contributed by atoms with E-state index in [0.29, 0.717) is 11.3 Å². The molecule has 4 nitrogen and oxygen atoms in total. The average Bonchev–Trinajstić information content (AvgIpc) is 2.93. The van der Waals surface area contributed by atoms with Crippen molar-refractivity contribution in [3.8, 4) is 0 Å². The van der Waals surface area contributed by atoms with E-state index in [2.05, 4.69) is 33.0 Å². The van der Waals surface area contributed by atoms with Crippen LogP contribution in [0.1, 0.15) is 15.2 Å². The van der Waals surface area contributed by atoms with Gasteiger partial charge in [-0.3, -0.25) is 9.69 Å². The summed E-state index contributed by atoms with van der Waals surface area (Å²) in [6, 6.07) is 11.4. The summed E-state index contributed by atoms with van der Waals surface area (Å²) < 4.78 is 1.17. The molecule has 7 heteroatoms. The number of nitrogens with zero attached hydrogens (tertiary/aromatic N) is 2. The second-order valence-corrected chi connectivity index (χ2v) is 7.94. The topological polar surface area (TPSA) is 49.6 Å². The molecule has 2 heterocycles. The van der Waals surface area contributed by atoms with Crippen LogP contribution in [0.3, 0.4) is 0 Å². The van der Waals surface area contributed by atoms with Crippen molar-refractivity contribution in [2.75, 3.05) is 31.9 Å². The molecule has 2 N–H and O–H groups in total. The highest BCUT2D eigenvalue weighted by Crippen LogP contribution is 2.23. The highest BCUT2D eigenvalue weighted by Gasteiger charge is 2.22. The maximum Gasteiger partial charge on any atom is 0.253 e. The number of nitrogen functional groups attached to an aromatic ring is 1. The van der Waals surface area contributed by atoms with Gasteiger partial charge in [-0.2, -0.15) is 0 Å². The molecular formula is C16H19BrClN3OS. The summed E-state index contributed by atoms with van der Waals surface area (Å²) in [5, 5.41) is 0. The second kappa shape index (κ2) is 8.15. The van der Waals surface area contributed by atoms with Gasteiger partial charge in [0.1, 0.15) is 0 Å². The molecule has 1 amide bonds. The Morgan fingerprint density at radius 1 is 1.09 bits per heavy atom. The molecule has 124 valence electrons. The van der Waals surface area contributed by atoms with Gasteiger partial charge in [-0.05, 0) is 52.3 Å². The van der Waals surface area contributed by atoms with Crippen molar-refractivity contribution in [1.29, 1.82) is 0 Å². The van der Waals surface area contributed by atoms with Crippen LogP contribution in [-0.4, -0.2) is 41.9 Å². The van der Waals surface area contributed by atoms with E-state index >= 15 is 0 Å². The Labute approximate surface area is 154 Å². The van der Waals surface area contributed by atoms with Crippen LogP contribution in [0.25, 0.3) is 0 Å². The zero-order valence-corrected chi connectivity index (χ0v) is 15.8. The molecule has 0 atom stereocenters. The van der Waals surface area contributed by atoms with E-state index in [1.807, 2.05) is 4.90 Å². The first-order valence-corrected chi connectivity index (χ1v) is 8.84. The summed E-state index contributed by atoms with van der Waals surface area (Å²) in [7, 11) is 0. The van der Waals surface area contributed by atoms with Gasteiger partial charge in [-0.15, -0.1) is 23.7 Å². The highest BCUT2D eigenvalue weighted by atomic mass is 79.9. The van der Waals surface area contributed by atoms with E-state index in [1.165, 1.54) is 8.66 Å². The van der Waals surface area contributed by atoms with Crippen molar-refractivity contribution in [2.45, 2.75) is 6.54 Å². The van der Waals surface area contributed by atoms with Crippen LogP contribution >= 0.6 is 39.7 Å². The number of carbonyl (C=O) groups excluding carboxylic acids is 1. The standard InChI is InChI=1S/C16H18BrN3OS.ClH/c17-15-6-5-14(22-15)11-19-7-9-20(10-8-19)16(21)12-1-3-13(18)4-2-12;/h1-6H,7-11,18H2;1H. The summed E-state index contributed by atoms with van der Waals surface area (Å²) in [4.78, 5) is 18.1. The summed E-state index contributed by atoms with van der Waals surface area (Å²) in [5.74, 6) is 0.0959. The molecule has 1 aromatic heterocycles. The van der Waals surface area contributed by atoms with Crippen LogP contribution in [0.15, 0.2) is 40.2 Å². The van der Waals surface area contributed by atoms with Crippen LogP contribution in [-0.2, 0) is 6.54 Å². The third-order valence-corrected chi connectivity index (χ3v) is 5.43. The number of hydrogen-bond acceptors (Lipinski definition) is 4. The Balaban J connectivity index is 0.00000192. The van der Waals surface area contributed by atoms with Crippen LogP contribution in [0, 0.1) is 0 Å². The Morgan fingerprint density at radius 2 is 1.74 bits per heavy atom. The lowest BCUT2D eigenvalue weighted by atomic mass is 10.1. The van der Waals surface area contributed by atoms with Crippen LogP contribution in [0.2, 0.25) is 0 Å². The Morgan fingerprint density at radius 3 is 2.30 bits per heavy atom. The molecule has 1 aliphatic heterocycles. The largest absolute Gasteiger partial charge is 0.399 e. The maximum absolute atomic E-state index is 12.4. The number of benzene rings is 1. The van der Waals surface area contributed by atoms with Gasteiger partial charge < -0.3 is 10.6 Å². The molecule has 1 saturated heterocycles. The molecule has 23 heavy (non-hydrogen) atoms. The quantitative estimate of drug-likeness (QED) is 0.779. The van der Waals surface area contributed by atoms with Gasteiger partial charge in [0, 0.05) is 48.9 Å². The van der Waals surface area contributed by atoms with E-state index < -0.39 is 0 Å². The third-order valence-electron chi connectivity index (χ3n) is 3.83. The molecule has 1 aliphatic rings. The fourth-order valence-corrected chi connectivity index (χ4v) is 4.10. The van der Waals surface area contributed by atoms with Crippen LogP contribution < -0.4 is 5.73 Å². The predicted molar refractivity (Wildman–Crippen MR) is 101 cm³/mol. The lowest BCUT2D eigenvalue weighted by Crippen LogP contribution is -2.48. The lowest BCUT2D eigenvalue weighted by Gasteiger charge is -2.34. The summed E-state index contributed by atoms with van der Waals surface area (Å²) >= 11 is 5.26. The molecule has 0 spiro atoms. The fraction of sp³-hybridized carbons (Fsp3) is 0.312. The molecule has 2 aromatic rings. The average molecular weight is 417 g/mol. The van der Waals surface area contributed by atoms with Crippen molar-refractivity contribution in [1.82, 2.24) is 9.80 Å². The van der Waals surface area contributed by atoms with E-state index in [0.717, 1.165) is 32.7 Å². The van der Waals surface area contributed by atoms with Crippen molar-refractivity contribution >= 4 is 51.3 Å². The van der Waals surface area contributed by atoms with Gasteiger partial charge in [-0.1, -0.05) is 0 Å². The zero-order valence-electron chi connectivity index (χ0n) is 12.6. The Kier molecular flexibility index (Phi) is 6.47. The third kappa shape index (κ3) is 4.70. The van der Waals surface area contributed by atoms with E-state index in [1.54, 1.807) is 35.6 Å². The number of nitrogens with two attached hydrogens (primary N) is 1. The molecule has 0 aliphatic carbocycles. The van der Waals surface area contributed by atoms with Crippen molar-refractivity contribution in [3.63, 3.8) is 0 Å². The lowest BCUT2D eigenvalue weighted by molar-refractivity contribution is 0.0629. The Hall–Kier alpha value is -1.08. The number of rotatable bonds is 3. The minimum Gasteiger partial charge on any atom is -0.399 e. The van der Waals surface area contributed by atoms with Crippen LogP contribution in [0.5, 0.6) is 0 Å². The van der Waals surface area contributed by atoms with Crippen molar-refractivity contribution in [3.05, 3.63) is 50.6 Å². The van der Waals surface area contributed by atoms with E-state index in [-0.39, 0.29) is 18.3 Å². The number of anilines is 1. The fourth-order valence-electron chi connectivity index (χ4n) is 2.57. The Bertz CT molecular complexity index is 654. The minimum atomic E-state index is 0. The van der Waals surface area contributed by atoms with Gasteiger partial charge >= 0.3 is 0 Å². The predicted octanol–water partition coefficient (Wildman–Crippen LogP) is 3.47. The first-order valence-electron chi connectivity index (χ1n) is 7.23. The number of halogens is 2. The molecule has 3 rings (SSSR count). The monoisotopic (exact) mass is 415 g/mol. The van der Waals surface area contributed by atoms with Gasteiger partial charge in [0.2, 0.25) is 0 Å². The van der Waals surface area contributed by atoms with Crippen molar-refractivity contribution in [2.24, 2.45) is 0 Å². The molecule has 0 saturated carbocycles. The number of piperazine rings is 1. The molecule has 1 aromatic carbocycles. The van der Waals surface area contributed by atoms with Crippen LogP contribution in [0.4, 0.5) is 5.69 Å². The number of carbonyl (C=O) groups is 1. The van der Waals surface area contributed by atoms with Gasteiger partial charge in [0.05, 0.1) is 3.79 Å².